The molecule has 0 amide bonds. The van der Waals surface area contributed by atoms with E-state index in [4.69, 9.17) is 0 Å². The number of benzene rings is 1. The van der Waals surface area contributed by atoms with E-state index in [1.165, 1.54) is 24.4 Å². The summed E-state index contributed by atoms with van der Waals surface area (Å²) in [5.74, 6) is -0.808. The number of hydrogen-bond donors (Lipinski definition) is 1. The Balaban J connectivity index is 2.16. The zero-order valence-corrected chi connectivity index (χ0v) is 11.2. The van der Waals surface area contributed by atoms with Crippen LogP contribution in [0.5, 0.6) is 0 Å². The summed E-state index contributed by atoms with van der Waals surface area (Å²) >= 11 is 3.32. The van der Waals surface area contributed by atoms with Crippen molar-refractivity contribution in [1.82, 2.24) is 4.98 Å². The van der Waals surface area contributed by atoms with Crippen molar-refractivity contribution in [2.75, 3.05) is 5.32 Å². The SMILES string of the molecule is CC(Nc1ccc(F)nc1)c1ccc(F)cc1Br. The van der Waals surface area contributed by atoms with Crippen molar-refractivity contribution in [2.24, 2.45) is 0 Å². The first kappa shape index (κ1) is 13.0. The molecule has 2 aromatic rings. The van der Waals surface area contributed by atoms with Gasteiger partial charge in [-0.1, -0.05) is 22.0 Å². The van der Waals surface area contributed by atoms with E-state index in [-0.39, 0.29) is 11.9 Å². The van der Waals surface area contributed by atoms with Gasteiger partial charge in [0.15, 0.2) is 0 Å². The molecule has 1 heterocycles. The fourth-order valence-electron chi connectivity index (χ4n) is 1.64. The second-order valence-electron chi connectivity index (χ2n) is 3.90. The minimum Gasteiger partial charge on any atom is -0.377 e. The first-order valence-electron chi connectivity index (χ1n) is 5.39. The Morgan fingerprint density at radius 3 is 2.61 bits per heavy atom. The monoisotopic (exact) mass is 312 g/mol. The number of aromatic nitrogens is 1. The van der Waals surface area contributed by atoms with Crippen LogP contribution in [0.3, 0.4) is 0 Å². The molecule has 0 bridgehead atoms. The van der Waals surface area contributed by atoms with Crippen LogP contribution in [0.4, 0.5) is 14.5 Å². The molecular weight excluding hydrogens is 302 g/mol. The van der Waals surface area contributed by atoms with E-state index in [1.54, 1.807) is 12.1 Å². The van der Waals surface area contributed by atoms with Crippen LogP contribution in [-0.4, -0.2) is 4.98 Å². The third kappa shape index (κ3) is 3.04. The molecule has 1 aromatic heterocycles. The Morgan fingerprint density at radius 2 is 2.00 bits per heavy atom. The lowest BCUT2D eigenvalue weighted by atomic mass is 10.1. The number of nitrogens with zero attached hydrogens (tertiary/aromatic N) is 1. The summed E-state index contributed by atoms with van der Waals surface area (Å²) in [6.07, 6.45) is 1.42. The maximum Gasteiger partial charge on any atom is 0.212 e. The zero-order chi connectivity index (χ0) is 13.1. The number of anilines is 1. The quantitative estimate of drug-likeness (QED) is 0.855. The standard InChI is InChI=1S/C13H11BrF2N2/c1-8(11-4-2-9(15)6-12(11)14)18-10-3-5-13(16)17-7-10/h2-8,18H,1H3. The van der Waals surface area contributed by atoms with Gasteiger partial charge in [-0.25, -0.2) is 9.37 Å². The van der Waals surface area contributed by atoms with Gasteiger partial charge in [0.2, 0.25) is 5.95 Å². The van der Waals surface area contributed by atoms with Crippen molar-refractivity contribution in [3.63, 3.8) is 0 Å². The molecule has 1 unspecified atom stereocenters. The highest BCUT2D eigenvalue weighted by molar-refractivity contribution is 9.10. The molecule has 0 saturated carbocycles. The average molecular weight is 313 g/mol. The van der Waals surface area contributed by atoms with E-state index in [9.17, 15) is 8.78 Å². The van der Waals surface area contributed by atoms with E-state index >= 15 is 0 Å². The molecule has 18 heavy (non-hydrogen) atoms. The van der Waals surface area contributed by atoms with Crippen LogP contribution < -0.4 is 5.32 Å². The highest BCUT2D eigenvalue weighted by Crippen LogP contribution is 2.26. The Labute approximate surface area is 112 Å². The average Bonchev–Trinajstić information content (AvgIpc) is 2.32. The molecule has 2 rings (SSSR count). The van der Waals surface area contributed by atoms with Gasteiger partial charge in [-0.3, -0.25) is 0 Å². The minimum absolute atomic E-state index is 0.0489. The molecule has 0 fully saturated rings. The molecule has 5 heteroatoms. The van der Waals surface area contributed by atoms with E-state index in [1.807, 2.05) is 6.92 Å². The largest absolute Gasteiger partial charge is 0.377 e. The first-order chi connectivity index (χ1) is 8.56. The molecule has 2 nitrogen and oxygen atoms in total. The van der Waals surface area contributed by atoms with Crippen molar-refractivity contribution in [1.29, 1.82) is 0 Å². The van der Waals surface area contributed by atoms with Crippen LogP contribution in [0.1, 0.15) is 18.5 Å². The van der Waals surface area contributed by atoms with E-state index in [0.717, 1.165) is 5.56 Å². The lowest BCUT2D eigenvalue weighted by molar-refractivity contribution is 0.584. The Bertz CT molecular complexity index is 543. The van der Waals surface area contributed by atoms with Gasteiger partial charge >= 0.3 is 0 Å². The molecule has 1 N–H and O–H groups in total. The fraction of sp³-hybridized carbons (Fsp3) is 0.154. The van der Waals surface area contributed by atoms with Crippen LogP contribution >= 0.6 is 15.9 Å². The third-order valence-electron chi connectivity index (χ3n) is 2.54. The lowest BCUT2D eigenvalue weighted by Gasteiger charge is -2.16. The summed E-state index contributed by atoms with van der Waals surface area (Å²) in [5.41, 5.74) is 1.63. The lowest BCUT2D eigenvalue weighted by Crippen LogP contribution is -2.07. The maximum atomic E-state index is 13.0. The zero-order valence-electron chi connectivity index (χ0n) is 9.62. The highest BCUT2D eigenvalue weighted by Gasteiger charge is 2.10. The van der Waals surface area contributed by atoms with E-state index in [0.29, 0.717) is 10.2 Å². The third-order valence-corrected chi connectivity index (χ3v) is 3.23. The van der Waals surface area contributed by atoms with Crippen LogP contribution in [0.2, 0.25) is 0 Å². The summed E-state index contributed by atoms with van der Waals surface area (Å²) in [7, 11) is 0. The molecule has 0 radical (unpaired) electrons. The smallest absolute Gasteiger partial charge is 0.212 e. The van der Waals surface area contributed by atoms with Gasteiger partial charge in [-0.15, -0.1) is 0 Å². The summed E-state index contributed by atoms with van der Waals surface area (Å²) in [6.45, 7) is 1.93. The molecule has 94 valence electrons. The fourth-order valence-corrected chi connectivity index (χ4v) is 2.34. The maximum absolute atomic E-state index is 13.0. The number of hydrogen-bond acceptors (Lipinski definition) is 2. The summed E-state index contributed by atoms with van der Waals surface area (Å²) in [5, 5.41) is 3.16. The topological polar surface area (TPSA) is 24.9 Å². The number of rotatable bonds is 3. The number of pyridine rings is 1. The summed E-state index contributed by atoms with van der Waals surface area (Å²) in [4.78, 5) is 3.56. The highest BCUT2D eigenvalue weighted by atomic mass is 79.9. The van der Waals surface area contributed by atoms with Crippen LogP contribution in [0.15, 0.2) is 41.0 Å². The second-order valence-corrected chi connectivity index (χ2v) is 4.76. The van der Waals surface area contributed by atoms with Crippen molar-refractivity contribution in [3.8, 4) is 0 Å². The van der Waals surface area contributed by atoms with E-state index in [2.05, 4.69) is 26.2 Å². The molecule has 1 aromatic carbocycles. The van der Waals surface area contributed by atoms with Gasteiger partial charge in [-0.05, 0) is 36.8 Å². The number of nitrogens with one attached hydrogen (secondary N) is 1. The van der Waals surface area contributed by atoms with Gasteiger partial charge in [0.05, 0.1) is 11.9 Å². The van der Waals surface area contributed by atoms with Crippen molar-refractivity contribution >= 4 is 21.6 Å². The normalized spacial score (nSPS) is 12.2. The van der Waals surface area contributed by atoms with Crippen LogP contribution in [-0.2, 0) is 0 Å². The molecule has 0 aliphatic heterocycles. The molecule has 0 aliphatic rings. The predicted octanol–water partition coefficient (Wildman–Crippen LogP) is 4.30. The van der Waals surface area contributed by atoms with Gasteiger partial charge in [0, 0.05) is 10.5 Å². The molecular formula is C13H11BrF2N2. The van der Waals surface area contributed by atoms with Crippen molar-refractivity contribution < 1.29 is 8.78 Å². The summed E-state index contributed by atoms with van der Waals surface area (Å²) in [6, 6.07) is 7.36. The number of halogens is 3. The Morgan fingerprint density at radius 1 is 1.22 bits per heavy atom. The second kappa shape index (κ2) is 5.44. The van der Waals surface area contributed by atoms with Crippen molar-refractivity contribution in [2.45, 2.75) is 13.0 Å². The molecule has 0 spiro atoms. The minimum atomic E-state index is -0.517. The Hall–Kier alpha value is -1.49. The molecule has 1 atom stereocenters. The Kier molecular flexibility index (Phi) is 3.91. The van der Waals surface area contributed by atoms with Gasteiger partial charge < -0.3 is 5.32 Å². The molecule has 0 aliphatic carbocycles. The van der Waals surface area contributed by atoms with Gasteiger partial charge in [-0.2, -0.15) is 4.39 Å². The summed E-state index contributed by atoms with van der Waals surface area (Å²) < 4.78 is 26.3. The van der Waals surface area contributed by atoms with Crippen molar-refractivity contribution in [3.05, 3.63) is 58.3 Å². The van der Waals surface area contributed by atoms with Crippen LogP contribution in [0, 0.1) is 11.8 Å². The van der Waals surface area contributed by atoms with Crippen LogP contribution in [0.25, 0.3) is 0 Å². The first-order valence-corrected chi connectivity index (χ1v) is 6.18. The molecule has 0 saturated heterocycles. The predicted molar refractivity (Wildman–Crippen MR) is 70.3 cm³/mol. The van der Waals surface area contributed by atoms with Gasteiger partial charge in [0.25, 0.3) is 0 Å². The van der Waals surface area contributed by atoms with Gasteiger partial charge in [0.1, 0.15) is 5.82 Å². The van der Waals surface area contributed by atoms with E-state index < -0.39 is 5.95 Å².